The topological polar surface area (TPSA) is 62.5 Å². The van der Waals surface area contributed by atoms with Crippen molar-refractivity contribution >= 4 is 8.32 Å². The van der Waals surface area contributed by atoms with Crippen LogP contribution in [0, 0.1) is 11.3 Å². The number of aliphatic hydroxyl groups is 1. The zero-order valence-corrected chi connectivity index (χ0v) is 18.9. The van der Waals surface area contributed by atoms with Crippen LogP contribution in [0.1, 0.15) is 77.3 Å². The Morgan fingerprint density at radius 2 is 1.59 bits per heavy atom. The third kappa shape index (κ3) is 3.75. The SMILES string of the molecule is COc1cc2c(cc1O[Si](C(C)C)(C(C)C)C(C)C)C(C#N)C2CCCO. The fraction of sp³-hybridized carbons (Fsp3) is 0.682. The van der Waals surface area contributed by atoms with Crippen molar-refractivity contribution in [2.75, 3.05) is 13.7 Å². The van der Waals surface area contributed by atoms with Crippen LogP contribution in [0.15, 0.2) is 12.1 Å². The maximum absolute atomic E-state index is 9.64. The molecule has 1 aromatic carbocycles. The predicted octanol–water partition coefficient (Wildman–Crippen LogP) is 5.73. The Labute approximate surface area is 165 Å². The Morgan fingerprint density at radius 1 is 1.04 bits per heavy atom. The minimum absolute atomic E-state index is 0.118. The van der Waals surface area contributed by atoms with Gasteiger partial charge in [0, 0.05) is 12.5 Å². The van der Waals surface area contributed by atoms with Crippen LogP contribution in [0.2, 0.25) is 16.6 Å². The van der Waals surface area contributed by atoms with Gasteiger partial charge in [0.15, 0.2) is 5.75 Å². The van der Waals surface area contributed by atoms with Crippen molar-refractivity contribution in [2.24, 2.45) is 0 Å². The number of aliphatic hydroxyl groups excluding tert-OH is 1. The summed E-state index contributed by atoms with van der Waals surface area (Å²) in [6, 6.07) is 6.55. The lowest BCUT2D eigenvalue weighted by Gasteiger charge is -2.43. The molecule has 5 heteroatoms. The molecule has 27 heavy (non-hydrogen) atoms. The van der Waals surface area contributed by atoms with Crippen LogP contribution in [-0.2, 0) is 0 Å². The maximum Gasteiger partial charge on any atom is 0.258 e. The van der Waals surface area contributed by atoms with Gasteiger partial charge >= 0.3 is 0 Å². The highest BCUT2D eigenvalue weighted by atomic mass is 28.4. The zero-order valence-electron chi connectivity index (χ0n) is 17.9. The third-order valence-corrected chi connectivity index (χ3v) is 12.3. The minimum Gasteiger partial charge on any atom is -0.540 e. The van der Waals surface area contributed by atoms with E-state index in [9.17, 15) is 5.26 Å². The number of benzene rings is 1. The summed E-state index contributed by atoms with van der Waals surface area (Å²) in [6.45, 7) is 13.8. The average molecular weight is 390 g/mol. The van der Waals surface area contributed by atoms with Gasteiger partial charge in [0.2, 0.25) is 0 Å². The number of hydrogen-bond acceptors (Lipinski definition) is 4. The molecule has 1 aliphatic rings. The lowest BCUT2D eigenvalue weighted by molar-refractivity contribution is 0.274. The molecule has 150 valence electrons. The molecule has 1 aliphatic carbocycles. The highest BCUT2D eigenvalue weighted by Crippen LogP contribution is 2.53. The van der Waals surface area contributed by atoms with Crippen LogP contribution in [-0.4, -0.2) is 27.1 Å². The fourth-order valence-corrected chi connectivity index (χ4v) is 10.3. The Balaban J connectivity index is 2.47. The molecule has 2 unspecified atom stereocenters. The van der Waals surface area contributed by atoms with Crippen LogP contribution >= 0.6 is 0 Å². The summed E-state index contributed by atoms with van der Waals surface area (Å²) in [7, 11) is -0.417. The normalized spacial score (nSPS) is 19.0. The molecule has 4 nitrogen and oxygen atoms in total. The third-order valence-electron chi connectivity index (χ3n) is 6.31. The van der Waals surface area contributed by atoms with Crippen molar-refractivity contribution in [3.63, 3.8) is 0 Å². The van der Waals surface area contributed by atoms with E-state index in [-0.39, 0.29) is 18.4 Å². The first kappa shape index (κ1) is 21.8. The van der Waals surface area contributed by atoms with Gasteiger partial charge in [0.05, 0.1) is 19.1 Å². The molecule has 1 N–H and O–H groups in total. The molecule has 0 amide bonds. The molecule has 0 heterocycles. The number of nitrogens with zero attached hydrogens (tertiary/aromatic N) is 1. The number of nitriles is 1. The molecule has 1 aromatic rings. The van der Waals surface area contributed by atoms with Gasteiger partial charge in [-0.1, -0.05) is 41.5 Å². The van der Waals surface area contributed by atoms with Gasteiger partial charge in [-0.15, -0.1) is 0 Å². The molecule has 0 spiro atoms. The smallest absolute Gasteiger partial charge is 0.258 e. The van der Waals surface area contributed by atoms with E-state index in [1.165, 1.54) is 5.56 Å². The van der Waals surface area contributed by atoms with Crippen molar-refractivity contribution in [1.82, 2.24) is 0 Å². The van der Waals surface area contributed by atoms with Gasteiger partial charge in [-0.2, -0.15) is 5.26 Å². The number of hydrogen-bond donors (Lipinski definition) is 1. The number of methoxy groups -OCH3 is 1. The van der Waals surface area contributed by atoms with E-state index in [1.54, 1.807) is 7.11 Å². The first-order chi connectivity index (χ1) is 12.7. The molecule has 0 aliphatic heterocycles. The van der Waals surface area contributed by atoms with E-state index in [2.05, 4.69) is 53.7 Å². The molecule has 2 rings (SSSR count). The number of ether oxygens (including phenoxy) is 1. The number of rotatable bonds is 9. The van der Waals surface area contributed by atoms with Crippen molar-refractivity contribution < 1.29 is 14.3 Å². The van der Waals surface area contributed by atoms with E-state index >= 15 is 0 Å². The number of fused-ring (bicyclic) bond motifs is 1. The Kier molecular flexibility index (Phi) is 6.99. The Morgan fingerprint density at radius 3 is 2.04 bits per heavy atom. The highest BCUT2D eigenvalue weighted by Gasteiger charge is 2.48. The van der Waals surface area contributed by atoms with Crippen LogP contribution < -0.4 is 9.16 Å². The molecule has 0 radical (unpaired) electrons. The van der Waals surface area contributed by atoms with Gasteiger partial charge in [-0.25, -0.2) is 0 Å². The van der Waals surface area contributed by atoms with Gasteiger partial charge in [0.25, 0.3) is 8.32 Å². The lowest BCUT2D eigenvalue weighted by Crippen LogP contribution is -2.50. The quantitative estimate of drug-likeness (QED) is 0.548. The summed E-state index contributed by atoms with van der Waals surface area (Å²) in [5, 5.41) is 18.8. The van der Waals surface area contributed by atoms with Gasteiger partial charge in [-0.05, 0) is 52.7 Å². The van der Waals surface area contributed by atoms with Crippen LogP contribution in [0.3, 0.4) is 0 Å². The second-order valence-electron chi connectivity index (χ2n) is 8.63. The monoisotopic (exact) mass is 389 g/mol. The van der Waals surface area contributed by atoms with Crippen LogP contribution in [0.25, 0.3) is 0 Å². The van der Waals surface area contributed by atoms with Gasteiger partial charge in [0.1, 0.15) is 5.75 Å². The Hall–Kier alpha value is -1.51. The van der Waals surface area contributed by atoms with E-state index in [0.717, 1.165) is 23.5 Å². The molecule has 0 saturated carbocycles. The molecule has 2 atom stereocenters. The molecule has 0 aromatic heterocycles. The molecule has 0 bridgehead atoms. The first-order valence-electron chi connectivity index (χ1n) is 10.2. The molecule has 0 saturated heterocycles. The Bertz CT molecular complexity index is 672. The maximum atomic E-state index is 9.64. The standard InChI is InChI=1S/C22H35NO3Si/c1-14(2)27(15(3)4,16(5)6)26-22-12-19-18(11-21(22)25-7)17(9-8-10-24)20(19)13-23/h11-12,14-17,20,24H,8-10H2,1-7H3. The van der Waals surface area contributed by atoms with Crippen molar-refractivity contribution in [3.05, 3.63) is 23.3 Å². The predicted molar refractivity (Wildman–Crippen MR) is 112 cm³/mol. The second-order valence-corrected chi connectivity index (χ2v) is 14.0. The van der Waals surface area contributed by atoms with Gasteiger partial charge in [-0.3, -0.25) is 0 Å². The second kappa shape index (κ2) is 8.66. The van der Waals surface area contributed by atoms with Crippen molar-refractivity contribution in [2.45, 2.75) is 82.8 Å². The molecular weight excluding hydrogens is 354 g/mol. The van der Waals surface area contributed by atoms with Crippen LogP contribution in [0.4, 0.5) is 0 Å². The van der Waals surface area contributed by atoms with E-state index in [1.807, 2.05) is 6.07 Å². The summed E-state index contributed by atoms with van der Waals surface area (Å²) >= 11 is 0. The minimum atomic E-state index is -2.10. The highest BCUT2D eigenvalue weighted by molar-refractivity contribution is 6.78. The first-order valence-corrected chi connectivity index (χ1v) is 12.3. The molecule has 0 fully saturated rings. The summed E-state index contributed by atoms with van der Waals surface area (Å²) in [5.74, 6) is 1.62. The summed E-state index contributed by atoms with van der Waals surface area (Å²) in [5.41, 5.74) is 3.65. The zero-order chi connectivity index (χ0) is 20.4. The van der Waals surface area contributed by atoms with E-state index in [0.29, 0.717) is 23.0 Å². The fourth-order valence-electron chi connectivity index (χ4n) is 5.06. The summed E-state index contributed by atoms with van der Waals surface area (Å²) in [6.07, 6.45) is 1.54. The summed E-state index contributed by atoms with van der Waals surface area (Å²) in [4.78, 5) is 0. The van der Waals surface area contributed by atoms with Crippen LogP contribution in [0.5, 0.6) is 11.5 Å². The van der Waals surface area contributed by atoms with E-state index in [4.69, 9.17) is 14.3 Å². The van der Waals surface area contributed by atoms with Crippen molar-refractivity contribution in [1.29, 1.82) is 5.26 Å². The largest absolute Gasteiger partial charge is 0.540 e. The van der Waals surface area contributed by atoms with E-state index < -0.39 is 8.32 Å². The lowest BCUT2D eigenvalue weighted by atomic mass is 9.66. The molecular formula is C22H35NO3Si. The van der Waals surface area contributed by atoms with Gasteiger partial charge < -0.3 is 14.3 Å². The average Bonchev–Trinajstić information content (AvgIpc) is 2.60. The summed E-state index contributed by atoms with van der Waals surface area (Å²) < 4.78 is 12.5. The van der Waals surface area contributed by atoms with Crippen molar-refractivity contribution in [3.8, 4) is 17.6 Å².